The topological polar surface area (TPSA) is 38.9 Å². The molecule has 0 spiro atoms. The highest BCUT2D eigenvalue weighted by Gasteiger charge is 2.10. The fourth-order valence-electron chi connectivity index (χ4n) is 1.77. The maximum atomic E-state index is 6.15. The van der Waals surface area contributed by atoms with Gasteiger partial charge in [0, 0.05) is 16.7 Å². The van der Waals surface area contributed by atoms with Gasteiger partial charge in [0.15, 0.2) is 0 Å². The SMILES string of the molecule is NC(CCc1ccccc1)c1ncccc1Br. The van der Waals surface area contributed by atoms with Crippen molar-refractivity contribution in [2.75, 3.05) is 0 Å². The predicted octanol–water partition coefficient (Wildman–Crippen LogP) is 3.48. The van der Waals surface area contributed by atoms with Gasteiger partial charge in [0.1, 0.15) is 0 Å². The highest BCUT2D eigenvalue weighted by molar-refractivity contribution is 9.10. The second kappa shape index (κ2) is 5.94. The first kappa shape index (κ1) is 12.3. The number of nitrogens with two attached hydrogens (primary N) is 1. The summed E-state index contributed by atoms with van der Waals surface area (Å²) in [5.41, 5.74) is 8.40. The fraction of sp³-hybridized carbons (Fsp3) is 0.214. The summed E-state index contributed by atoms with van der Waals surface area (Å²) < 4.78 is 0.987. The van der Waals surface area contributed by atoms with Crippen molar-refractivity contribution in [3.63, 3.8) is 0 Å². The van der Waals surface area contributed by atoms with Gasteiger partial charge in [-0.3, -0.25) is 4.98 Å². The first-order valence-corrected chi connectivity index (χ1v) is 6.46. The number of aryl methyl sites for hydroxylation is 1. The Labute approximate surface area is 110 Å². The van der Waals surface area contributed by atoms with E-state index in [9.17, 15) is 0 Å². The summed E-state index contributed by atoms with van der Waals surface area (Å²) in [5.74, 6) is 0. The van der Waals surface area contributed by atoms with Gasteiger partial charge in [-0.05, 0) is 46.5 Å². The molecule has 2 aromatic rings. The number of halogens is 1. The highest BCUT2D eigenvalue weighted by atomic mass is 79.9. The lowest BCUT2D eigenvalue weighted by atomic mass is 10.0. The van der Waals surface area contributed by atoms with Crippen molar-refractivity contribution in [3.05, 3.63) is 64.4 Å². The molecule has 0 radical (unpaired) electrons. The van der Waals surface area contributed by atoms with E-state index in [0.717, 1.165) is 23.0 Å². The van der Waals surface area contributed by atoms with E-state index in [4.69, 9.17) is 5.73 Å². The van der Waals surface area contributed by atoms with Gasteiger partial charge in [-0.1, -0.05) is 30.3 Å². The maximum Gasteiger partial charge on any atom is 0.0712 e. The highest BCUT2D eigenvalue weighted by Crippen LogP contribution is 2.22. The van der Waals surface area contributed by atoms with Crippen LogP contribution in [0, 0.1) is 0 Å². The average Bonchev–Trinajstić information content (AvgIpc) is 2.38. The predicted molar refractivity (Wildman–Crippen MR) is 73.6 cm³/mol. The lowest BCUT2D eigenvalue weighted by molar-refractivity contribution is 0.630. The Morgan fingerprint density at radius 3 is 2.59 bits per heavy atom. The Hall–Kier alpha value is -1.19. The molecule has 0 bridgehead atoms. The molecule has 88 valence electrons. The molecule has 2 nitrogen and oxygen atoms in total. The molecular weight excluding hydrogens is 276 g/mol. The Morgan fingerprint density at radius 2 is 1.88 bits per heavy atom. The number of aromatic nitrogens is 1. The Morgan fingerprint density at radius 1 is 1.12 bits per heavy atom. The van der Waals surface area contributed by atoms with Crippen LogP contribution in [0.15, 0.2) is 53.1 Å². The van der Waals surface area contributed by atoms with Gasteiger partial charge in [0.2, 0.25) is 0 Å². The van der Waals surface area contributed by atoms with E-state index in [-0.39, 0.29) is 6.04 Å². The van der Waals surface area contributed by atoms with Gasteiger partial charge in [-0.15, -0.1) is 0 Å². The first-order chi connectivity index (χ1) is 8.27. The van der Waals surface area contributed by atoms with Crippen LogP contribution >= 0.6 is 15.9 Å². The van der Waals surface area contributed by atoms with E-state index in [0.29, 0.717) is 0 Å². The van der Waals surface area contributed by atoms with E-state index in [1.807, 2.05) is 18.2 Å². The molecule has 1 atom stereocenters. The first-order valence-electron chi connectivity index (χ1n) is 5.67. The third-order valence-electron chi connectivity index (χ3n) is 2.72. The largest absolute Gasteiger partial charge is 0.323 e. The quantitative estimate of drug-likeness (QED) is 0.936. The van der Waals surface area contributed by atoms with E-state index in [1.165, 1.54) is 5.56 Å². The van der Waals surface area contributed by atoms with Gasteiger partial charge < -0.3 is 5.73 Å². The number of nitrogens with zero attached hydrogens (tertiary/aromatic N) is 1. The fourth-order valence-corrected chi connectivity index (χ4v) is 2.32. The molecule has 0 aliphatic heterocycles. The Bertz CT molecular complexity index is 471. The van der Waals surface area contributed by atoms with E-state index in [2.05, 4.69) is 45.2 Å². The van der Waals surface area contributed by atoms with Crippen LogP contribution in [0.2, 0.25) is 0 Å². The summed E-state index contributed by atoms with van der Waals surface area (Å²) in [5, 5.41) is 0. The van der Waals surface area contributed by atoms with Crippen molar-refractivity contribution in [1.29, 1.82) is 0 Å². The molecule has 0 amide bonds. The minimum absolute atomic E-state index is 0.0224. The Kier molecular flexibility index (Phi) is 4.29. The molecule has 0 saturated heterocycles. The molecule has 2 rings (SSSR count). The molecule has 0 aliphatic rings. The molecule has 2 N–H and O–H groups in total. The van der Waals surface area contributed by atoms with Gasteiger partial charge in [-0.2, -0.15) is 0 Å². The minimum atomic E-state index is -0.0224. The summed E-state index contributed by atoms with van der Waals surface area (Å²) in [4.78, 5) is 4.32. The minimum Gasteiger partial charge on any atom is -0.323 e. The molecule has 0 aliphatic carbocycles. The summed E-state index contributed by atoms with van der Waals surface area (Å²) in [6, 6.07) is 14.2. The third kappa shape index (κ3) is 3.38. The number of pyridine rings is 1. The van der Waals surface area contributed by atoms with Crippen molar-refractivity contribution in [3.8, 4) is 0 Å². The van der Waals surface area contributed by atoms with Crippen molar-refractivity contribution >= 4 is 15.9 Å². The van der Waals surface area contributed by atoms with E-state index in [1.54, 1.807) is 6.20 Å². The zero-order chi connectivity index (χ0) is 12.1. The summed E-state index contributed by atoms with van der Waals surface area (Å²) in [6.45, 7) is 0. The lowest BCUT2D eigenvalue weighted by Gasteiger charge is -2.12. The molecule has 0 saturated carbocycles. The maximum absolute atomic E-state index is 6.15. The molecule has 0 fully saturated rings. The number of hydrogen-bond donors (Lipinski definition) is 1. The van der Waals surface area contributed by atoms with Crippen LogP contribution < -0.4 is 5.73 Å². The van der Waals surface area contributed by atoms with Crippen molar-refractivity contribution in [2.24, 2.45) is 5.73 Å². The van der Waals surface area contributed by atoms with Crippen molar-refractivity contribution in [1.82, 2.24) is 4.98 Å². The molecule has 1 heterocycles. The standard InChI is InChI=1S/C14H15BrN2/c15-12-7-4-10-17-14(12)13(16)9-8-11-5-2-1-3-6-11/h1-7,10,13H,8-9,16H2. The van der Waals surface area contributed by atoms with E-state index >= 15 is 0 Å². The van der Waals surface area contributed by atoms with E-state index < -0.39 is 0 Å². The van der Waals surface area contributed by atoms with Gasteiger partial charge in [-0.25, -0.2) is 0 Å². The molecule has 3 heteroatoms. The van der Waals surface area contributed by atoms with Crippen LogP contribution in [0.25, 0.3) is 0 Å². The van der Waals surface area contributed by atoms with Crippen LogP contribution in [0.5, 0.6) is 0 Å². The zero-order valence-corrected chi connectivity index (χ0v) is 11.1. The van der Waals surface area contributed by atoms with Crippen molar-refractivity contribution in [2.45, 2.75) is 18.9 Å². The summed E-state index contributed by atoms with van der Waals surface area (Å²) in [6.07, 6.45) is 3.66. The molecule has 1 unspecified atom stereocenters. The monoisotopic (exact) mass is 290 g/mol. The van der Waals surface area contributed by atoms with Crippen molar-refractivity contribution < 1.29 is 0 Å². The number of benzene rings is 1. The van der Waals surface area contributed by atoms with Crippen LogP contribution in [0.1, 0.15) is 23.7 Å². The average molecular weight is 291 g/mol. The third-order valence-corrected chi connectivity index (χ3v) is 3.40. The van der Waals surface area contributed by atoms with Crippen LogP contribution in [0.4, 0.5) is 0 Å². The molecule has 1 aromatic carbocycles. The molecule has 1 aromatic heterocycles. The molecular formula is C14H15BrN2. The van der Waals surface area contributed by atoms with Crippen LogP contribution in [-0.2, 0) is 6.42 Å². The molecule has 17 heavy (non-hydrogen) atoms. The van der Waals surface area contributed by atoms with Gasteiger partial charge >= 0.3 is 0 Å². The van der Waals surface area contributed by atoms with Crippen LogP contribution in [-0.4, -0.2) is 4.98 Å². The van der Waals surface area contributed by atoms with Gasteiger partial charge in [0.25, 0.3) is 0 Å². The Balaban J connectivity index is 1.99. The number of rotatable bonds is 4. The summed E-state index contributed by atoms with van der Waals surface area (Å²) in [7, 11) is 0. The number of hydrogen-bond acceptors (Lipinski definition) is 2. The van der Waals surface area contributed by atoms with Crippen LogP contribution in [0.3, 0.4) is 0 Å². The zero-order valence-electron chi connectivity index (χ0n) is 9.51. The normalized spacial score (nSPS) is 12.4. The summed E-state index contributed by atoms with van der Waals surface area (Å²) >= 11 is 3.48. The smallest absolute Gasteiger partial charge is 0.0712 e. The second-order valence-electron chi connectivity index (χ2n) is 4.00. The van der Waals surface area contributed by atoms with Gasteiger partial charge in [0.05, 0.1) is 5.69 Å². The second-order valence-corrected chi connectivity index (χ2v) is 4.86. The lowest BCUT2D eigenvalue weighted by Crippen LogP contribution is -2.13.